The molecule has 0 saturated carbocycles. The summed E-state index contributed by atoms with van der Waals surface area (Å²) in [5, 5.41) is 12.6. The van der Waals surface area contributed by atoms with Gasteiger partial charge in [0.15, 0.2) is 0 Å². The molecule has 1 aromatic carbocycles. The monoisotopic (exact) mass is 319 g/mol. The summed E-state index contributed by atoms with van der Waals surface area (Å²) in [5.41, 5.74) is 1.96. The number of aliphatic hydroxyl groups is 1. The summed E-state index contributed by atoms with van der Waals surface area (Å²) in [7, 11) is 0. The average molecular weight is 319 g/mol. The normalized spacial score (nSPS) is 12.1. The summed E-state index contributed by atoms with van der Waals surface area (Å²) in [4.78, 5) is 16.1. The predicted molar refractivity (Wildman–Crippen MR) is 89.2 cm³/mol. The highest BCUT2D eigenvalue weighted by molar-refractivity contribution is 7.98. The Hall–Kier alpha value is -1.79. The molecule has 0 spiro atoms. The number of para-hydroxylation sites is 1. The number of aliphatic hydroxyl groups excluding tert-OH is 1. The number of thioether (sulfide) groups is 1. The van der Waals surface area contributed by atoms with Crippen molar-refractivity contribution in [2.24, 2.45) is 0 Å². The van der Waals surface area contributed by atoms with Crippen LogP contribution in [0.5, 0.6) is 0 Å². The Morgan fingerprint density at radius 3 is 2.91 bits per heavy atom. The van der Waals surface area contributed by atoms with Crippen molar-refractivity contribution in [3.05, 3.63) is 48.0 Å². The molecule has 0 fully saturated rings. The van der Waals surface area contributed by atoms with Crippen molar-refractivity contribution in [3.63, 3.8) is 0 Å². The van der Waals surface area contributed by atoms with E-state index in [-0.39, 0.29) is 5.91 Å². The van der Waals surface area contributed by atoms with E-state index in [1.165, 1.54) is 0 Å². The van der Waals surface area contributed by atoms with Gasteiger partial charge in [-0.25, -0.2) is 4.98 Å². The minimum Gasteiger partial charge on any atom is -0.383 e. The third kappa shape index (κ3) is 4.11. The molecule has 0 saturated heterocycles. The highest BCUT2D eigenvalue weighted by Crippen LogP contribution is 2.16. The number of carbonyl (C=O) groups excluding carboxylic acids is 1. The second kappa shape index (κ2) is 8.00. The lowest BCUT2D eigenvalue weighted by Crippen LogP contribution is -2.34. The van der Waals surface area contributed by atoms with Gasteiger partial charge < -0.3 is 15.0 Å². The Balaban J connectivity index is 2.05. The van der Waals surface area contributed by atoms with Gasteiger partial charge in [-0.05, 0) is 37.0 Å². The Kier molecular flexibility index (Phi) is 6.03. The molecule has 1 atom stereocenters. The summed E-state index contributed by atoms with van der Waals surface area (Å²) in [6.45, 7) is 2.31. The lowest BCUT2D eigenvalue weighted by Gasteiger charge is -2.14. The van der Waals surface area contributed by atoms with Crippen molar-refractivity contribution >= 4 is 17.7 Å². The van der Waals surface area contributed by atoms with Crippen LogP contribution in [0.4, 0.5) is 0 Å². The van der Waals surface area contributed by atoms with E-state index >= 15 is 0 Å². The molecule has 2 aromatic rings. The van der Waals surface area contributed by atoms with Crippen LogP contribution >= 0.6 is 11.8 Å². The summed E-state index contributed by atoms with van der Waals surface area (Å²) < 4.78 is 1.98. The predicted octanol–water partition coefficient (Wildman–Crippen LogP) is 1.91. The van der Waals surface area contributed by atoms with E-state index in [1.807, 2.05) is 48.2 Å². The second-order valence-corrected chi connectivity index (χ2v) is 5.97. The van der Waals surface area contributed by atoms with Crippen molar-refractivity contribution < 1.29 is 9.90 Å². The first kappa shape index (κ1) is 16.6. The van der Waals surface area contributed by atoms with Gasteiger partial charge in [-0.15, -0.1) is 0 Å². The zero-order chi connectivity index (χ0) is 15.9. The number of hydrogen-bond acceptors (Lipinski definition) is 4. The first-order valence-corrected chi connectivity index (χ1v) is 8.56. The number of imidazole rings is 1. The average Bonchev–Trinajstić information content (AvgIpc) is 2.96. The molecule has 22 heavy (non-hydrogen) atoms. The lowest BCUT2D eigenvalue weighted by molar-refractivity contribution is -0.129. The number of nitrogens with one attached hydrogen (secondary N) is 1. The first-order chi connectivity index (χ1) is 10.6. The van der Waals surface area contributed by atoms with Gasteiger partial charge in [0.2, 0.25) is 5.91 Å². The minimum absolute atomic E-state index is 0.328. The van der Waals surface area contributed by atoms with Crippen molar-refractivity contribution in [2.45, 2.75) is 26.0 Å². The molecule has 2 rings (SSSR count). The third-order valence-electron chi connectivity index (χ3n) is 3.43. The smallest absolute Gasteiger partial charge is 0.249 e. The molecule has 5 nitrogen and oxygen atoms in total. The molecule has 0 bridgehead atoms. The van der Waals surface area contributed by atoms with Crippen molar-refractivity contribution in [1.29, 1.82) is 0 Å². The van der Waals surface area contributed by atoms with Gasteiger partial charge in [0.05, 0.1) is 5.69 Å². The van der Waals surface area contributed by atoms with Gasteiger partial charge in [-0.1, -0.05) is 18.2 Å². The number of aryl methyl sites for hydroxylation is 1. The van der Waals surface area contributed by atoms with E-state index in [0.717, 1.165) is 22.8 Å². The third-order valence-corrected chi connectivity index (χ3v) is 4.07. The van der Waals surface area contributed by atoms with Gasteiger partial charge in [0.25, 0.3) is 0 Å². The number of nitrogens with zero attached hydrogens (tertiary/aromatic N) is 2. The van der Waals surface area contributed by atoms with E-state index in [1.54, 1.807) is 18.0 Å². The standard InChI is InChI=1S/C16H21N3O2S/c1-12-17-8-9-19(12)14-6-4-3-5-13(14)11-18-16(21)15(20)7-10-22-2/h3-6,8-9,15,20H,7,10-11H2,1-2H3,(H,18,21). The zero-order valence-corrected chi connectivity index (χ0v) is 13.6. The summed E-state index contributed by atoms with van der Waals surface area (Å²) in [6, 6.07) is 7.83. The lowest BCUT2D eigenvalue weighted by atomic mass is 10.1. The molecule has 1 heterocycles. The fourth-order valence-corrected chi connectivity index (χ4v) is 2.65. The molecule has 1 amide bonds. The molecule has 0 aliphatic carbocycles. The zero-order valence-electron chi connectivity index (χ0n) is 12.8. The van der Waals surface area contributed by atoms with Gasteiger partial charge in [0, 0.05) is 18.9 Å². The molecule has 0 radical (unpaired) electrons. The number of hydrogen-bond donors (Lipinski definition) is 2. The van der Waals surface area contributed by atoms with Crippen LogP contribution in [0.15, 0.2) is 36.7 Å². The van der Waals surface area contributed by atoms with Crippen LogP contribution in [0.3, 0.4) is 0 Å². The van der Waals surface area contributed by atoms with Gasteiger partial charge in [-0.2, -0.15) is 11.8 Å². The van der Waals surface area contributed by atoms with E-state index in [0.29, 0.717) is 13.0 Å². The van der Waals surface area contributed by atoms with Crippen LogP contribution in [0.2, 0.25) is 0 Å². The first-order valence-electron chi connectivity index (χ1n) is 7.16. The van der Waals surface area contributed by atoms with Crippen molar-refractivity contribution in [2.75, 3.05) is 12.0 Å². The van der Waals surface area contributed by atoms with Gasteiger partial charge in [-0.3, -0.25) is 4.79 Å². The van der Waals surface area contributed by atoms with Gasteiger partial charge >= 0.3 is 0 Å². The van der Waals surface area contributed by atoms with E-state index in [4.69, 9.17) is 0 Å². The van der Waals surface area contributed by atoms with Crippen LogP contribution < -0.4 is 5.32 Å². The summed E-state index contributed by atoms with van der Waals surface area (Å²) >= 11 is 1.61. The Bertz CT molecular complexity index is 627. The highest BCUT2D eigenvalue weighted by Gasteiger charge is 2.15. The SMILES string of the molecule is CSCCC(O)C(=O)NCc1ccccc1-n1ccnc1C. The maximum absolute atomic E-state index is 11.9. The Morgan fingerprint density at radius 1 is 1.45 bits per heavy atom. The molecule has 0 aliphatic heterocycles. The molecular weight excluding hydrogens is 298 g/mol. The molecule has 6 heteroatoms. The topological polar surface area (TPSA) is 67.2 Å². The number of amides is 1. The van der Waals surface area contributed by atoms with E-state index in [9.17, 15) is 9.90 Å². The maximum atomic E-state index is 11.9. The molecule has 118 valence electrons. The van der Waals surface area contributed by atoms with Crippen LogP contribution in [0.25, 0.3) is 5.69 Å². The largest absolute Gasteiger partial charge is 0.383 e. The fraction of sp³-hybridized carbons (Fsp3) is 0.375. The summed E-state index contributed by atoms with van der Waals surface area (Å²) in [5.74, 6) is 1.32. The minimum atomic E-state index is -0.949. The molecular formula is C16H21N3O2S. The molecule has 2 N–H and O–H groups in total. The van der Waals surface area contributed by atoms with Gasteiger partial charge in [0.1, 0.15) is 11.9 Å². The second-order valence-electron chi connectivity index (χ2n) is 4.99. The van der Waals surface area contributed by atoms with Crippen LogP contribution in [0.1, 0.15) is 17.8 Å². The quantitative estimate of drug-likeness (QED) is 0.818. The van der Waals surface area contributed by atoms with Crippen molar-refractivity contribution in [3.8, 4) is 5.69 Å². The fourth-order valence-electron chi connectivity index (χ4n) is 2.19. The maximum Gasteiger partial charge on any atom is 0.249 e. The molecule has 1 aromatic heterocycles. The summed E-state index contributed by atoms with van der Waals surface area (Å²) in [6.07, 6.45) is 5.11. The molecule has 1 unspecified atom stereocenters. The van der Waals surface area contributed by atoms with Crippen LogP contribution in [-0.2, 0) is 11.3 Å². The number of aromatic nitrogens is 2. The Morgan fingerprint density at radius 2 is 2.23 bits per heavy atom. The number of carbonyl (C=O) groups is 1. The van der Waals surface area contributed by atoms with Crippen LogP contribution in [-0.4, -0.2) is 38.7 Å². The van der Waals surface area contributed by atoms with E-state index in [2.05, 4.69) is 10.3 Å². The molecule has 0 aliphatic rings. The number of rotatable bonds is 7. The van der Waals surface area contributed by atoms with Crippen molar-refractivity contribution in [1.82, 2.24) is 14.9 Å². The van der Waals surface area contributed by atoms with Crippen LogP contribution in [0, 0.1) is 6.92 Å². The number of benzene rings is 1. The highest BCUT2D eigenvalue weighted by atomic mass is 32.2. The van der Waals surface area contributed by atoms with E-state index < -0.39 is 6.10 Å². The Labute approximate surface area is 134 Å².